The second kappa shape index (κ2) is 12.3. The van der Waals surface area contributed by atoms with E-state index < -0.39 is 17.8 Å². The first-order valence-corrected chi connectivity index (χ1v) is 11.9. The molecule has 1 aliphatic carbocycles. The molecule has 0 spiro atoms. The SMILES string of the molecule is C/C1=C\[C@H](OC(=O)Nc2ccc(Cl)cc2)C[C@](C)(O)/C=C/[C@H](C(C)C)CC/C(C)=C/CC1. The molecule has 1 aliphatic rings. The largest absolute Gasteiger partial charge is 0.442 e. The van der Waals surface area contributed by atoms with Gasteiger partial charge in [-0.2, -0.15) is 0 Å². The molecule has 176 valence electrons. The molecule has 0 aliphatic heterocycles. The third-order valence-corrected chi connectivity index (χ3v) is 6.15. The Balaban J connectivity index is 2.21. The van der Waals surface area contributed by atoms with Gasteiger partial charge in [-0.3, -0.25) is 5.32 Å². The zero-order valence-corrected chi connectivity index (χ0v) is 20.8. The van der Waals surface area contributed by atoms with Crippen LogP contribution in [0.3, 0.4) is 0 Å². The first-order valence-electron chi connectivity index (χ1n) is 11.5. The van der Waals surface area contributed by atoms with Crippen molar-refractivity contribution in [2.24, 2.45) is 11.8 Å². The third-order valence-electron chi connectivity index (χ3n) is 5.90. The lowest BCUT2D eigenvalue weighted by molar-refractivity contribution is 0.0471. The van der Waals surface area contributed by atoms with Crippen molar-refractivity contribution in [3.05, 3.63) is 64.7 Å². The van der Waals surface area contributed by atoms with Crippen LogP contribution >= 0.6 is 11.6 Å². The third kappa shape index (κ3) is 9.62. The van der Waals surface area contributed by atoms with Crippen LogP contribution in [0.5, 0.6) is 0 Å². The van der Waals surface area contributed by atoms with Gasteiger partial charge in [0.15, 0.2) is 0 Å². The Hall–Kier alpha value is -2.04. The van der Waals surface area contributed by atoms with Crippen LogP contribution in [-0.4, -0.2) is 22.9 Å². The maximum absolute atomic E-state index is 12.5. The summed E-state index contributed by atoms with van der Waals surface area (Å²) in [6, 6.07) is 6.85. The molecule has 0 aromatic heterocycles. The summed E-state index contributed by atoms with van der Waals surface area (Å²) in [6.07, 6.45) is 11.4. The van der Waals surface area contributed by atoms with Crippen LogP contribution in [0.15, 0.2) is 59.7 Å². The van der Waals surface area contributed by atoms with Gasteiger partial charge in [-0.25, -0.2) is 4.79 Å². The zero-order chi connectivity index (χ0) is 23.7. The van der Waals surface area contributed by atoms with Crippen LogP contribution in [0.4, 0.5) is 10.5 Å². The number of halogens is 1. The highest BCUT2D eigenvalue weighted by Crippen LogP contribution is 2.26. The number of hydrogen-bond donors (Lipinski definition) is 2. The number of nitrogens with one attached hydrogen (secondary N) is 1. The smallest absolute Gasteiger partial charge is 0.412 e. The summed E-state index contributed by atoms with van der Waals surface area (Å²) in [6.45, 7) is 10.4. The number of aliphatic hydroxyl groups is 1. The van der Waals surface area contributed by atoms with Crippen molar-refractivity contribution in [1.82, 2.24) is 0 Å². The molecule has 1 aromatic rings. The summed E-state index contributed by atoms with van der Waals surface area (Å²) >= 11 is 5.91. The molecule has 2 rings (SSSR count). The maximum Gasteiger partial charge on any atom is 0.412 e. The summed E-state index contributed by atoms with van der Waals surface area (Å²) in [4.78, 5) is 12.5. The highest BCUT2D eigenvalue weighted by atomic mass is 35.5. The molecular weight excluding hydrogens is 422 g/mol. The van der Waals surface area contributed by atoms with E-state index in [1.165, 1.54) is 5.57 Å². The number of carbonyl (C=O) groups is 1. The van der Waals surface area contributed by atoms with Crippen molar-refractivity contribution in [2.75, 3.05) is 5.32 Å². The lowest BCUT2D eigenvalue weighted by Crippen LogP contribution is -2.31. The molecule has 0 bridgehead atoms. The summed E-state index contributed by atoms with van der Waals surface area (Å²) < 4.78 is 5.72. The molecule has 0 heterocycles. The van der Waals surface area contributed by atoms with E-state index in [-0.39, 0.29) is 6.42 Å². The monoisotopic (exact) mass is 459 g/mol. The highest BCUT2D eigenvalue weighted by molar-refractivity contribution is 6.30. The number of hydrogen-bond acceptors (Lipinski definition) is 3. The average Bonchev–Trinajstić information content (AvgIpc) is 2.68. The van der Waals surface area contributed by atoms with Gasteiger partial charge >= 0.3 is 6.09 Å². The molecule has 32 heavy (non-hydrogen) atoms. The number of allylic oxidation sites excluding steroid dienone is 4. The summed E-state index contributed by atoms with van der Waals surface area (Å²) in [5, 5.41) is 14.4. The van der Waals surface area contributed by atoms with Crippen molar-refractivity contribution in [1.29, 1.82) is 0 Å². The number of benzene rings is 1. The second-order valence-corrected chi connectivity index (χ2v) is 9.98. The normalized spacial score (nSPS) is 29.8. The molecule has 0 radical (unpaired) electrons. The molecule has 2 N–H and O–H groups in total. The molecule has 0 fully saturated rings. The zero-order valence-electron chi connectivity index (χ0n) is 20.0. The second-order valence-electron chi connectivity index (χ2n) is 9.54. The average molecular weight is 460 g/mol. The molecule has 1 amide bonds. The number of ether oxygens (including phenoxy) is 1. The lowest BCUT2D eigenvalue weighted by Gasteiger charge is -2.26. The minimum atomic E-state index is -1.09. The predicted molar refractivity (Wildman–Crippen MR) is 134 cm³/mol. The lowest BCUT2D eigenvalue weighted by atomic mass is 9.86. The number of rotatable bonds is 3. The van der Waals surface area contributed by atoms with E-state index >= 15 is 0 Å². The summed E-state index contributed by atoms with van der Waals surface area (Å²) in [5.74, 6) is 0.875. The van der Waals surface area contributed by atoms with Gasteiger partial charge in [0, 0.05) is 17.1 Å². The Labute approximate surface area is 198 Å². The quantitative estimate of drug-likeness (QED) is 0.455. The maximum atomic E-state index is 12.5. The number of carbonyl (C=O) groups excluding carboxylic acids is 1. The summed E-state index contributed by atoms with van der Waals surface area (Å²) in [7, 11) is 0. The Morgan fingerprint density at radius 1 is 1.19 bits per heavy atom. The van der Waals surface area contributed by atoms with Gasteiger partial charge in [0.2, 0.25) is 0 Å². The van der Waals surface area contributed by atoms with Crippen LogP contribution in [-0.2, 0) is 4.74 Å². The highest BCUT2D eigenvalue weighted by Gasteiger charge is 2.25. The first kappa shape index (κ1) is 26.2. The number of anilines is 1. The molecule has 0 saturated carbocycles. The molecule has 5 heteroatoms. The molecule has 3 atom stereocenters. The Morgan fingerprint density at radius 3 is 2.53 bits per heavy atom. The van der Waals surface area contributed by atoms with Crippen LogP contribution < -0.4 is 5.32 Å². The van der Waals surface area contributed by atoms with Gasteiger partial charge in [0.1, 0.15) is 6.10 Å². The van der Waals surface area contributed by atoms with Gasteiger partial charge in [-0.1, -0.05) is 54.8 Å². The Kier molecular flexibility index (Phi) is 10.0. The Morgan fingerprint density at radius 2 is 1.88 bits per heavy atom. The fourth-order valence-corrected chi connectivity index (χ4v) is 3.98. The van der Waals surface area contributed by atoms with E-state index in [2.05, 4.69) is 38.2 Å². The van der Waals surface area contributed by atoms with E-state index in [0.29, 0.717) is 22.5 Å². The van der Waals surface area contributed by atoms with Crippen LogP contribution in [0.25, 0.3) is 0 Å². The van der Waals surface area contributed by atoms with E-state index in [1.54, 1.807) is 31.2 Å². The standard InChI is InChI=1S/C27H38ClNO3/c1-19(2)22-10-9-20(3)7-6-8-21(4)17-25(18-27(5,31)16-15-22)32-26(30)29-24-13-11-23(28)12-14-24/h7,11-17,19,22,25,31H,6,8-10,18H2,1-5H3,(H,29,30)/b16-15+,20-7+,21-17+/t22-,25+,27-/m1/s1. The van der Waals surface area contributed by atoms with Crippen molar-refractivity contribution in [3.8, 4) is 0 Å². The Bertz CT molecular complexity index is 837. The van der Waals surface area contributed by atoms with E-state index in [0.717, 1.165) is 31.3 Å². The van der Waals surface area contributed by atoms with Crippen LogP contribution in [0, 0.1) is 11.8 Å². The van der Waals surface area contributed by atoms with Crippen molar-refractivity contribution in [2.45, 2.75) is 78.4 Å². The topological polar surface area (TPSA) is 58.6 Å². The fraction of sp³-hybridized carbons (Fsp3) is 0.519. The van der Waals surface area contributed by atoms with Gasteiger partial charge in [0.25, 0.3) is 0 Å². The number of amides is 1. The minimum absolute atomic E-state index is 0.286. The van der Waals surface area contributed by atoms with Gasteiger partial charge in [-0.15, -0.1) is 0 Å². The predicted octanol–water partition coefficient (Wildman–Crippen LogP) is 7.69. The molecule has 4 nitrogen and oxygen atoms in total. The van der Waals surface area contributed by atoms with Crippen molar-refractivity contribution in [3.63, 3.8) is 0 Å². The molecule has 0 unspecified atom stereocenters. The van der Waals surface area contributed by atoms with Crippen LogP contribution in [0.2, 0.25) is 5.02 Å². The molecule has 1 aromatic carbocycles. The minimum Gasteiger partial charge on any atom is -0.442 e. The van der Waals surface area contributed by atoms with Gasteiger partial charge < -0.3 is 9.84 Å². The van der Waals surface area contributed by atoms with Gasteiger partial charge in [-0.05, 0) is 88.6 Å². The van der Waals surface area contributed by atoms with Crippen molar-refractivity contribution < 1.29 is 14.6 Å². The van der Waals surface area contributed by atoms with E-state index in [4.69, 9.17) is 16.3 Å². The van der Waals surface area contributed by atoms with Crippen molar-refractivity contribution >= 4 is 23.4 Å². The molecule has 0 saturated heterocycles. The van der Waals surface area contributed by atoms with E-state index in [9.17, 15) is 9.90 Å². The van der Waals surface area contributed by atoms with Crippen LogP contribution in [0.1, 0.15) is 66.7 Å². The first-order chi connectivity index (χ1) is 15.0. The fourth-order valence-electron chi connectivity index (χ4n) is 3.85. The van der Waals surface area contributed by atoms with E-state index in [1.807, 2.05) is 19.1 Å². The molecular formula is C27H38ClNO3. The summed E-state index contributed by atoms with van der Waals surface area (Å²) in [5.41, 5.74) is 2.04. The van der Waals surface area contributed by atoms with Gasteiger partial charge in [0.05, 0.1) is 5.60 Å².